The van der Waals surface area contributed by atoms with Crippen LogP contribution in [-0.2, 0) is 11.3 Å². The Balaban J connectivity index is 1.65. The summed E-state index contributed by atoms with van der Waals surface area (Å²) in [7, 11) is 0. The van der Waals surface area contributed by atoms with Crippen LogP contribution in [0.15, 0.2) is 52.3 Å². The summed E-state index contributed by atoms with van der Waals surface area (Å²) in [5.41, 5.74) is -0.513. The Morgan fingerprint density at radius 3 is 2.70 bits per heavy atom. The molecule has 2 saturated heterocycles. The Morgan fingerprint density at radius 1 is 1.19 bits per heavy atom. The number of aromatic nitrogens is 4. The number of nitriles is 1. The van der Waals surface area contributed by atoms with E-state index in [-0.39, 0.29) is 28.4 Å². The molecule has 0 radical (unpaired) electrons. The maximum atomic E-state index is 14.1. The molecule has 0 N–H and O–H groups in total. The highest BCUT2D eigenvalue weighted by atomic mass is 35.5. The van der Waals surface area contributed by atoms with Gasteiger partial charge in [-0.3, -0.25) is 13.8 Å². The Kier molecular flexibility index (Phi) is 5.60. The van der Waals surface area contributed by atoms with Gasteiger partial charge in [0.05, 0.1) is 29.5 Å². The van der Waals surface area contributed by atoms with Crippen molar-refractivity contribution in [2.75, 3.05) is 31.2 Å². The van der Waals surface area contributed by atoms with Crippen molar-refractivity contribution in [1.29, 1.82) is 5.26 Å². The van der Waals surface area contributed by atoms with E-state index in [0.717, 1.165) is 11.0 Å². The van der Waals surface area contributed by atoms with Gasteiger partial charge in [-0.2, -0.15) is 5.26 Å². The van der Waals surface area contributed by atoms with Crippen molar-refractivity contribution >= 4 is 34.7 Å². The molecule has 37 heavy (non-hydrogen) atoms. The molecule has 6 rings (SSSR count). The van der Waals surface area contributed by atoms with E-state index in [2.05, 4.69) is 4.98 Å². The van der Waals surface area contributed by atoms with Crippen LogP contribution in [-0.4, -0.2) is 44.8 Å². The second-order valence-electron chi connectivity index (χ2n) is 9.34. The molecule has 4 aromatic rings. The molecule has 0 saturated carbocycles. The van der Waals surface area contributed by atoms with Gasteiger partial charge in [-0.1, -0.05) is 29.3 Å². The smallest absolute Gasteiger partial charge is 0.339 e. The van der Waals surface area contributed by atoms with E-state index in [4.69, 9.17) is 27.9 Å². The first kappa shape index (κ1) is 23.7. The highest BCUT2D eigenvalue weighted by Crippen LogP contribution is 2.43. The van der Waals surface area contributed by atoms with Crippen LogP contribution >= 0.6 is 23.2 Å². The number of benzene rings is 1. The van der Waals surface area contributed by atoms with E-state index in [9.17, 15) is 19.2 Å². The zero-order chi connectivity index (χ0) is 25.9. The van der Waals surface area contributed by atoms with Crippen LogP contribution in [0.5, 0.6) is 0 Å². The largest absolute Gasteiger partial charge is 0.381 e. The van der Waals surface area contributed by atoms with Gasteiger partial charge in [0.2, 0.25) is 0 Å². The first-order valence-corrected chi connectivity index (χ1v) is 12.3. The minimum atomic E-state index is -0.695. The van der Waals surface area contributed by atoms with Crippen molar-refractivity contribution < 1.29 is 9.13 Å². The normalized spacial score (nSPS) is 16.3. The Labute approximate surface area is 219 Å². The highest BCUT2D eigenvalue weighted by molar-refractivity contribution is 6.31. The third-order valence-electron chi connectivity index (χ3n) is 6.98. The maximum Gasteiger partial charge on any atom is 0.339 e. The van der Waals surface area contributed by atoms with Crippen LogP contribution in [0, 0.1) is 22.6 Å². The van der Waals surface area contributed by atoms with Crippen molar-refractivity contribution in [2.24, 2.45) is 5.41 Å². The van der Waals surface area contributed by atoms with E-state index in [1.54, 1.807) is 22.7 Å². The second-order valence-corrected chi connectivity index (χ2v) is 10.2. The number of anilines is 1. The molecule has 0 aliphatic carbocycles. The Hall–Kier alpha value is -3.65. The molecular formula is C25H19Cl2FN6O3. The first-order valence-electron chi connectivity index (χ1n) is 11.5. The summed E-state index contributed by atoms with van der Waals surface area (Å²) in [4.78, 5) is 34.2. The van der Waals surface area contributed by atoms with Crippen molar-refractivity contribution in [3.8, 4) is 23.0 Å². The van der Waals surface area contributed by atoms with Gasteiger partial charge in [0.15, 0.2) is 0 Å². The molecule has 0 atom stereocenters. The summed E-state index contributed by atoms with van der Waals surface area (Å²) in [5, 5.41) is 9.92. The van der Waals surface area contributed by atoms with Gasteiger partial charge < -0.3 is 9.64 Å². The lowest BCUT2D eigenvalue weighted by Gasteiger charge is -2.49. The van der Waals surface area contributed by atoms with Crippen LogP contribution in [0.25, 0.3) is 22.6 Å². The van der Waals surface area contributed by atoms with Crippen molar-refractivity contribution in [3.05, 3.63) is 79.4 Å². The average molecular weight is 541 g/mol. The number of ether oxygens (including phenoxy) is 1. The van der Waals surface area contributed by atoms with Crippen LogP contribution in [0.2, 0.25) is 10.0 Å². The number of rotatable bonds is 4. The minimum absolute atomic E-state index is 0.0684. The van der Waals surface area contributed by atoms with E-state index in [1.807, 2.05) is 11.0 Å². The summed E-state index contributed by atoms with van der Waals surface area (Å²) in [6, 6.07) is 9.21. The van der Waals surface area contributed by atoms with E-state index in [0.29, 0.717) is 48.4 Å². The van der Waals surface area contributed by atoms with E-state index < -0.39 is 17.1 Å². The quantitative estimate of drug-likeness (QED) is 0.393. The number of halogens is 3. The topological polar surface area (TPSA) is 97.6 Å². The number of hydrogen-bond acceptors (Lipinski definition) is 6. The van der Waals surface area contributed by atoms with E-state index >= 15 is 0 Å². The monoisotopic (exact) mass is 540 g/mol. The Bertz CT molecular complexity index is 1720. The summed E-state index contributed by atoms with van der Waals surface area (Å²) in [6.45, 7) is 2.04. The number of pyridine rings is 1. The first-order chi connectivity index (χ1) is 17.8. The van der Waals surface area contributed by atoms with Crippen molar-refractivity contribution in [2.45, 2.75) is 13.0 Å². The molecule has 5 heterocycles. The van der Waals surface area contributed by atoms with Crippen LogP contribution in [0.4, 0.5) is 10.2 Å². The molecule has 188 valence electrons. The summed E-state index contributed by atoms with van der Waals surface area (Å²) in [5.74, 6) is -0.161. The fourth-order valence-corrected chi connectivity index (χ4v) is 5.54. The molecule has 3 aromatic heterocycles. The molecular weight excluding hydrogens is 522 g/mol. The van der Waals surface area contributed by atoms with Gasteiger partial charge in [0.25, 0.3) is 5.56 Å². The standard InChI is InChI=1S/C25H19Cl2FN6O3/c26-16-3-6-32-19(10-16)30-11-20(32)34-23(35)21(15-1-2-18(28)17(27)9-15)22(33(7-5-29)24(34)36)31-12-25(13-31)4-8-37-14-25/h1-3,6,9-11H,4,7-8,12-14H2. The molecule has 0 unspecified atom stereocenters. The summed E-state index contributed by atoms with van der Waals surface area (Å²) in [6.07, 6.45) is 3.86. The third-order valence-corrected chi connectivity index (χ3v) is 7.50. The van der Waals surface area contributed by atoms with Gasteiger partial charge in [-0.05, 0) is 30.2 Å². The average Bonchev–Trinajstić information content (AvgIpc) is 3.50. The minimum Gasteiger partial charge on any atom is -0.381 e. The molecule has 0 bridgehead atoms. The highest BCUT2D eigenvalue weighted by Gasteiger charge is 2.47. The lowest BCUT2D eigenvalue weighted by Crippen LogP contribution is -2.59. The number of imidazole rings is 1. The van der Waals surface area contributed by atoms with Crippen LogP contribution in [0.3, 0.4) is 0 Å². The lowest BCUT2D eigenvalue weighted by atomic mass is 9.79. The van der Waals surface area contributed by atoms with Crippen LogP contribution in [0.1, 0.15) is 6.42 Å². The fraction of sp³-hybridized carbons (Fsp3) is 0.280. The van der Waals surface area contributed by atoms with Gasteiger partial charge in [-0.15, -0.1) is 0 Å². The SMILES string of the molecule is N#CCn1c(N2CC3(CCOC3)C2)c(-c2ccc(F)c(Cl)c2)c(=O)n(-c2cnc3cc(Cl)ccn23)c1=O. The molecule has 9 nitrogen and oxygen atoms in total. The molecule has 12 heteroatoms. The van der Waals surface area contributed by atoms with Gasteiger partial charge in [-0.25, -0.2) is 18.7 Å². The predicted octanol–water partition coefficient (Wildman–Crippen LogP) is 3.51. The lowest BCUT2D eigenvalue weighted by molar-refractivity contribution is 0.130. The molecule has 2 aliphatic rings. The maximum absolute atomic E-state index is 14.1. The Morgan fingerprint density at radius 2 is 2.00 bits per heavy atom. The second kappa shape index (κ2) is 8.73. The molecule has 1 spiro atoms. The zero-order valence-electron chi connectivity index (χ0n) is 19.3. The van der Waals surface area contributed by atoms with E-state index in [1.165, 1.54) is 29.0 Å². The zero-order valence-corrected chi connectivity index (χ0v) is 20.8. The fourth-order valence-electron chi connectivity index (χ4n) is 5.21. The molecule has 2 fully saturated rings. The van der Waals surface area contributed by atoms with Crippen molar-refractivity contribution in [3.63, 3.8) is 0 Å². The van der Waals surface area contributed by atoms with Crippen LogP contribution < -0.4 is 16.1 Å². The molecule has 1 aromatic carbocycles. The number of nitrogens with zero attached hydrogens (tertiary/aromatic N) is 6. The third kappa shape index (κ3) is 3.73. The summed E-state index contributed by atoms with van der Waals surface area (Å²) < 4.78 is 23.4. The summed E-state index contributed by atoms with van der Waals surface area (Å²) >= 11 is 12.2. The molecule has 0 amide bonds. The van der Waals surface area contributed by atoms with Gasteiger partial charge in [0, 0.05) is 42.4 Å². The number of fused-ring (bicyclic) bond motifs is 1. The molecule has 2 aliphatic heterocycles. The predicted molar refractivity (Wildman–Crippen MR) is 136 cm³/mol. The van der Waals surface area contributed by atoms with Gasteiger partial charge in [0.1, 0.15) is 29.6 Å². The number of hydrogen-bond donors (Lipinski definition) is 0. The van der Waals surface area contributed by atoms with Crippen molar-refractivity contribution in [1.82, 2.24) is 18.5 Å². The van der Waals surface area contributed by atoms with Gasteiger partial charge >= 0.3 is 5.69 Å².